The molecule has 0 atom stereocenters. The fourth-order valence-electron chi connectivity index (χ4n) is 2.47. The molecule has 0 radical (unpaired) electrons. The van der Waals surface area contributed by atoms with Crippen LogP contribution in [0.1, 0.15) is 27.1 Å². The fourth-order valence-corrected chi connectivity index (χ4v) is 3.29. The summed E-state index contributed by atoms with van der Waals surface area (Å²) in [5.41, 5.74) is 1.02. The third-order valence-corrected chi connectivity index (χ3v) is 4.67. The number of amides is 2. The van der Waals surface area contributed by atoms with Gasteiger partial charge in [-0.25, -0.2) is 8.42 Å². The molecule has 0 unspecified atom stereocenters. The molecule has 2 amide bonds. The van der Waals surface area contributed by atoms with Crippen molar-refractivity contribution >= 4 is 44.8 Å². The maximum Gasteiger partial charge on any atom is 0.257 e. The van der Waals surface area contributed by atoms with E-state index in [1.54, 1.807) is 31.4 Å². The van der Waals surface area contributed by atoms with Crippen LogP contribution in [0, 0.1) is 0 Å². The second kappa shape index (κ2) is 10.2. The van der Waals surface area contributed by atoms with Crippen LogP contribution in [0.2, 0.25) is 5.02 Å². The van der Waals surface area contributed by atoms with Crippen molar-refractivity contribution in [3.05, 3.63) is 58.6 Å². The number of rotatable bonds is 9. The van der Waals surface area contributed by atoms with Gasteiger partial charge in [0.15, 0.2) is 0 Å². The molecule has 0 heterocycles. The van der Waals surface area contributed by atoms with E-state index in [9.17, 15) is 18.0 Å². The molecule has 0 saturated heterocycles. The number of anilines is 2. The van der Waals surface area contributed by atoms with E-state index < -0.39 is 15.9 Å². The van der Waals surface area contributed by atoms with Crippen molar-refractivity contribution < 1.29 is 22.7 Å². The van der Waals surface area contributed by atoms with Crippen LogP contribution in [0.15, 0.2) is 42.5 Å². The van der Waals surface area contributed by atoms with Gasteiger partial charge in [0.2, 0.25) is 10.0 Å². The molecule has 0 saturated carbocycles. The smallest absolute Gasteiger partial charge is 0.257 e. The summed E-state index contributed by atoms with van der Waals surface area (Å²) in [5, 5.41) is 5.50. The minimum Gasteiger partial charge on any atom is -0.385 e. The Morgan fingerprint density at radius 1 is 1.07 bits per heavy atom. The first-order chi connectivity index (χ1) is 13.7. The van der Waals surface area contributed by atoms with Crippen molar-refractivity contribution in [1.29, 1.82) is 0 Å². The minimum absolute atomic E-state index is 0.0673. The Kier molecular flexibility index (Phi) is 8.00. The Balaban J connectivity index is 2.14. The Morgan fingerprint density at radius 3 is 2.45 bits per heavy atom. The number of carbonyl (C=O) groups excluding carboxylic acids is 2. The predicted octanol–water partition coefficient (Wildman–Crippen LogP) is 2.73. The number of hydrogen-bond donors (Lipinski definition) is 3. The van der Waals surface area contributed by atoms with Crippen LogP contribution in [0.4, 0.5) is 11.4 Å². The van der Waals surface area contributed by atoms with E-state index in [0.717, 1.165) is 6.26 Å². The van der Waals surface area contributed by atoms with Crippen LogP contribution in [-0.2, 0) is 14.8 Å². The summed E-state index contributed by atoms with van der Waals surface area (Å²) in [5.74, 6) is -0.851. The monoisotopic (exact) mass is 439 g/mol. The molecule has 156 valence electrons. The number of benzene rings is 2. The molecular formula is C19H22ClN3O5S. The number of methoxy groups -OCH3 is 1. The standard InChI is InChI=1S/C19H22ClN3O5S/c1-28-11-5-10-21-18(24)15-6-3-4-7-17(15)22-19(25)14-9-8-13(12-16(14)20)23-29(2,26)27/h3-4,6-9,12,23H,5,10-11H2,1-2H3,(H,21,24)(H,22,25). The highest BCUT2D eigenvalue weighted by Crippen LogP contribution is 2.24. The molecule has 2 aromatic rings. The second-order valence-corrected chi connectivity index (χ2v) is 8.33. The van der Waals surface area contributed by atoms with Crippen molar-refractivity contribution in [2.24, 2.45) is 0 Å². The van der Waals surface area contributed by atoms with Crippen molar-refractivity contribution in [2.75, 3.05) is 36.6 Å². The number of nitrogens with one attached hydrogen (secondary N) is 3. The Hall–Kier alpha value is -2.62. The van der Waals surface area contributed by atoms with Crippen LogP contribution in [-0.4, -0.2) is 46.7 Å². The Morgan fingerprint density at radius 2 is 1.79 bits per heavy atom. The lowest BCUT2D eigenvalue weighted by atomic mass is 10.1. The minimum atomic E-state index is -3.46. The van der Waals surface area contributed by atoms with Crippen molar-refractivity contribution in [1.82, 2.24) is 5.32 Å². The SMILES string of the molecule is COCCCNC(=O)c1ccccc1NC(=O)c1ccc(NS(C)(=O)=O)cc1Cl. The van der Waals surface area contributed by atoms with Gasteiger partial charge < -0.3 is 15.4 Å². The van der Waals surface area contributed by atoms with Crippen LogP contribution in [0.3, 0.4) is 0 Å². The van der Waals surface area contributed by atoms with Gasteiger partial charge in [0.1, 0.15) is 0 Å². The van der Waals surface area contributed by atoms with Crippen molar-refractivity contribution in [3.8, 4) is 0 Å². The van der Waals surface area contributed by atoms with E-state index in [-0.39, 0.29) is 22.2 Å². The van der Waals surface area contributed by atoms with E-state index in [4.69, 9.17) is 16.3 Å². The first kappa shape index (κ1) is 22.7. The third kappa shape index (κ3) is 7.04. The average molecular weight is 440 g/mol. The molecule has 0 aliphatic rings. The maximum absolute atomic E-state index is 12.6. The maximum atomic E-state index is 12.6. The zero-order valence-electron chi connectivity index (χ0n) is 16.0. The van der Waals surface area contributed by atoms with E-state index >= 15 is 0 Å². The van der Waals surface area contributed by atoms with Gasteiger partial charge in [-0.3, -0.25) is 14.3 Å². The highest BCUT2D eigenvalue weighted by atomic mass is 35.5. The number of ether oxygens (including phenoxy) is 1. The lowest BCUT2D eigenvalue weighted by Gasteiger charge is -2.13. The molecule has 3 N–H and O–H groups in total. The molecular weight excluding hydrogens is 418 g/mol. The van der Waals surface area contributed by atoms with Gasteiger partial charge in [-0.15, -0.1) is 0 Å². The molecule has 0 aliphatic carbocycles. The summed E-state index contributed by atoms with van der Waals surface area (Å²) in [6, 6.07) is 10.8. The molecule has 0 spiro atoms. The molecule has 0 aliphatic heterocycles. The van der Waals surface area contributed by atoms with Gasteiger partial charge in [-0.05, 0) is 36.8 Å². The number of halogens is 1. The molecule has 0 aromatic heterocycles. The summed E-state index contributed by atoms with van der Waals surface area (Å²) in [4.78, 5) is 25.0. The van der Waals surface area contributed by atoms with E-state index in [1.807, 2.05) is 0 Å². The van der Waals surface area contributed by atoms with Crippen LogP contribution in [0.5, 0.6) is 0 Å². The van der Waals surface area contributed by atoms with E-state index in [2.05, 4.69) is 15.4 Å². The van der Waals surface area contributed by atoms with Gasteiger partial charge in [-0.1, -0.05) is 23.7 Å². The number of carbonyl (C=O) groups is 2. The summed E-state index contributed by atoms with van der Waals surface area (Å²) in [6.45, 7) is 0.969. The number of sulfonamides is 1. The highest BCUT2D eigenvalue weighted by Gasteiger charge is 2.16. The largest absolute Gasteiger partial charge is 0.385 e. The van der Waals surface area contributed by atoms with Crippen LogP contribution in [0.25, 0.3) is 0 Å². The fraction of sp³-hybridized carbons (Fsp3) is 0.263. The predicted molar refractivity (Wildman–Crippen MR) is 113 cm³/mol. The summed E-state index contributed by atoms with van der Waals surface area (Å²) >= 11 is 6.13. The van der Waals surface area contributed by atoms with Crippen LogP contribution < -0.4 is 15.4 Å². The summed E-state index contributed by atoms with van der Waals surface area (Å²) in [7, 11) is -1.88. The lowest BCUT2D eigenvalue weighted by Crippen LogP contribution is -2.26. The van der Waals surface area contributed by atoms with Gasteiger partial charge >= 0.3 is 0 Å². The van der Waals surface area contributed by atoms with Gasteiger partial charge in [-0.2, -0.15) is 0 Å². The van der Waals surface area contributed by atoms with Crippen molar-refractivity contribution in [3.63, 3.8) is 0 Å². The molecule has 2 aromatic carbocycles. The molecule has 10 heteroatoms. The van der Waals surface area contributed by atoms with Gasteiger partial charge in [0.25, 0.3) is 11.8 Å². The zero-order valence-corrected chi connectivity index (χ0v) is 17.6. The van der Waals surface area contributed by atoms with Gasteiger partial charge in [0, 0.05) is 25.9 Å². The molecule has 0 fully saturated rings. The molecule has 29 heavy (non-hydrogen) atoms. The van der Waals surface area contributed by atoms with E-state index in [1.165, 1.54) is 18.2 Å². The zero-order chi connectivity index (χ0) is 21.4. The number of para-hydroxylation sites is 1. The van der Waals surface area contributed by atoms with Crippen molar-refractivity contribution in [2.45, 2.75) is 6.42 Å². The first-order valence-electron chi connectivity index (χ1n) is 8.66. The third-order valence-electron chi connectivity index (χ3n) is 3.75. The first-order valence-corrected chi connectivity index (χ1v) is 10.9. The Labute approximate surface area is 174 Å². The summed E-state index contributed by atoms with van der Waals surface area (Å²) < 4.78 is 29.8. The molecule has 0 bridgehead atoms. The highest BCUT2D eigenvalue weighted by molar-refractivity contribution is 7.92. The summed E-state index contributed by atoms with van der Waals surface area (Å²) in [6.07, 6.45) is 1.68. The normalized spacial score (nSPS) is 11.0. The second-order valence-electron chi connectivity index (χ2n) is 6.17. The van der Waals surface area contributed by atoms with Crippen LogP contribution >= 0.6 is 11.6 Å². The average Bonchev–Trinajstić information content (AvgIpc) is 2.64. The van der Waals surface area contributed by atoms with Gasteiger partial charge in [0.05, 0.1) is 28.1 Å². The quantitative estimate of drug-likeness (QED) is 0.520. The molecule has 2 rings (SSSR count). The van der Waals surface area contributed by atoms with E-state index in [0.29, 0.717) is 30.8 Å². The Bertz CT molecular complexity index is 995. The number of hydrogen-bond acceptors (Lipinski definition) is 5. The molecule has 8 nitrogen and oxygen atoms in total. The lowest BCUT2D eigenvalue weighted by molar-refractivity contribution is 0.0949. The topological polar surface area (TPSA) is 114 Å².